The van der Waals surface area contributed by atoms with Crippen LogP contribution >= 0.6 is 11.6 Å². The molecule has 0 aliphatic carbocycles. The lowest BCUT2D eigenvalue weighted by Gasteiger charge is -2.10. The van der Waals surface area contributed by atoms with Gasteiger partial charge in [0.1, 0.15) is 5.76 Å². The van der Waals surface area contributed by atoms with Crippen molar-refractivity contribution in [2.75, 3.05) is 0 Å². The summed E-state index contributed by atoms with van der Waals surface area (Å²) in [6, 6.07) is 3.51. The second-order valence-corrected chi connectivity index (χ2v) is 4.37. The summed E-state index contributed by atoms with van der Waals surface area (Å²) in [6.07, 6.45) is 2.25. The Hall–Kier alpha value is -1.26. The van der Waals surface area contributed by atoms with Crippen LogP contribution in [-0.4, -0.2) is 9.78 Å². The van der Waals surface area contributed by atoms with Crippen LogP contribution in [0.1, 0.15) is 30.1 Å². The van der Waals surface area contributed by atoms with E-state index in [2.05, 4.69) is 5.10 Å². The molecule has 0 bridgehead atoms. The van der Waals surface area contributed by atoms with Gasteiger partial charge in [0.15, 0.2) is 0 Å². The van der Waals surface area contributed by atoms with Crippen LogP contribution < -0.4 is 5.73 Å². The van der Waals surface area contributed by atoms with Crippen LogP contribution in [0, 0.1) is 6.92 Å². The third kappa shape index (κ3) is 2.37. The van der Waals surface area contributed by atoms with Gasteiger partial charge in [-0.2, -0.15) is 5.10 Å². The molecular formula is C12H16ClN3O. The van der Waals surface area contributed by atoms with Gasteiger partial charge in [0, 0.05) is 13.0 Å². The van der Waals surface area contributed by atoms with Crippen LogP contribution in [0.4, 0.5) is 0 Å². The lowest BCUT2D eigenvalue weighted by atomic mass is 10.1. The number of hydrogen-bond acceptors (Lipinski definition) is 3. The highest BCUT2D eigenvalue weighted by atomic mass is 35.5. The highest BCUT2D eigenvalue weighted by Gasteiger charge is 2.17. The van der Waals surface area contributed by atoms with Crippen molar-refractivity contribution < 1.29 is 4.42 Å². The number of hydrogen-bond donors (Lipinski definition) is 1. The smallest absolute Gasteiger partial charge is 0.120 e. The first-order valence-corrected chi connectivity index (χ1v) is 6.02. The molecule has 4 nitrogen and oxygen atoms in total. The zero-order valence-corrected chi connectivity index (χ0v) is 10.7. The molecule has 0 saturated carbocycles. The first kappa shape index (κ1) is 12.2. The van der Waals surface area contributed by atoms with Crippen molar-refractivity contribution in [2.45, 2.75) is 32.9 Å². The Kier molecular flexibility index (Phi) is 3.54. The molecule has 0 fully saturated rings. The van der Waals surface area contributed by atoms with Gasteiger partial charge < -0.3 is 10.2 Å². The van der Waals surface area contributed by atoms with Crippen LogP contribution in [0.25, 0.3) is 0 Å². The monoisotopic (exact) mass is 253 g/mol. The molecule has 2 heterocycles. The molecule has 0 amide bonds. The van der Waals surface area contributed by atoms with E-state index in [0.717, 1.165) is 23.7 Å². The number of furan rings is 1. The second-order valence-electron chi connectivity index (χ2n) is 3.99. The van der Waals surface area contributed by atoms with E-state index in [-0.39, 0.29) is 6.04 Å². The highest BCUT2D eigenvalue weighted by molar-refractivity contribution is 6.31. The topological polar surface area (TPSA) is 57.0 Å². The third-order valence-corrected chi connectivity index (χ3v) is 3.27. The minimum atomic E-state index is -0.191. The fraction of sp³-hybridized carbons (Fsp3) is 0.417. The lowest BCUT2D eigenvalue weighted by Crippen LogP contribution is -2.15. The summed E-state index contributed by atoms with van der Waals surface area (Å²) in [5, 5.41) is 5.06. The van der Waals surface area contributed by atoms with E-state index < -0.39 is 0 Å². The van der Waals surface area contributed by atoms with E-state index in [9.17, 15) is 0 Å². The first-order valence-electron chi connectivity index (χ1n) is 5.64. The molecule has 1 unspecified atom stereocenters. The zero-order valence-electron chi connectivity index (χ0n) is 9.98. The number of aromatic nitrogens is 2. The summed E-state index contributed by atoms with van der Waals surface area (Å²) >= 11 is 6.23. The largest absolute Gasteiger partial charge is 0.468 e. The predicted molar refractivity (Wildman–Crippen MR) is 67.0 cm³/mol. The summed E-state index contributed by atoms with van der Waals surface area (Å²) in [7, 11) is 0. The molecule has 0 aromatic carbocycles. The van der Waals surface area contributed by atoms with Crippen molar-refractivity contribution in [1.82, 2.24) is 9.78 Å². The van der Waals surface area contributed by atoms with E-state index in [1.54, 1.807) is 6.26 Å². The minimum Gasteiger partial charge on any atom is -0.468 e. The van der Waals surface area contributed by atoms with Crippen molar-refractivity contribution in [3.63, 3.8) is 0 Å². The molecule has 2 rings (SSSR count). The molecule has 2 aromatic rings. The Balaban J connectivity index is 2.24. The average molecular weight is 254 g/mol. The molecule has 0 spiro atoms. The maximum atomic E-state index is 6.23. The number of halogens is 1. The van der Waals surface area contributed by atoms with Gasteiger partial charge in [0.25, 0.3) is 0 Å². The summed E-state index contributed by atoms with van der Waals surface area (Å²) in [6.45, 7) is 4.72. The SMILES string of the molecule is CCn1nc(C)c(Cl)c1CC(N)c1ccco1. The molecule has 2 aromatic heterocycles. The average Bonchev–Trinajstić information content (AvgIpc) is 2.92. The Morgan fingerprint density at radius 3 is 2.94 bits per heavy atom. The molecule has 1 atom stereocenters. The molecule has 0 saturated heterocycles. The first-order chi connectivity index (χ1) is 8.13. The summed E-state index contributed by atoms with van der Waals surface area (Å²) in [5.41, 5.74) is 7.89. The Labute approximate surface area is 105 Å². The Morgan fingerprint density at radius 1 is 1.59 bits per heavy atom. The third-order valence-electron chi connectivity index (χ3n) is 2.77. The van der Waals surface area contributed by atoms with Gasteiger partial charge in [-0.25, -0.2) is 0 Å². The van der Waals surface area contributed by atoms with Gasteiger partial charge in [-0.05, 0) is 26.0 Å². The normalized spacial score (nSPS) is 12.9. The molecule has 5 heteroatoms. The quantitative estimate of drug-likeness (QED) is 0.912. The summed E-state index contributed by atoms with van der Waals surface area (Å²) in [4.78, 5) is 0. The number of nitrogens with two attached hydrogens (primary N) is 1. The Bertz CT molecular complexity index is 490. The number of nitrogens with zero attached hydrogens (tertiary/aromatic N) is 2. The molecular weight excluding hydrogens is 238 g/mol. The molecule has 0 aliphatic heterocycles. The molecule has 0 radical (unpaired) electrons. The van der Waals surface area contributed by atoms with Crippen LogP contribution in [0.15, 0.2) is 22.8 Å². The maximum Gasteiger partial charge on any atom is 0.120 e. The fourth-order valence-electron chi connectivity index (χ4n) is 1.88. The van der Waals surface area contributed by atoms with Gasteiger partial charge in [-0.15, -0.1) is 0 Å². The van der Waals surface area contributed by atoms with Crippen LogP contribution in [0.3, 0.4) is 0 Å². The van der Waals surface area contributed by atoms with Crippen LogP contribution in [0.5, 0.6) is 0 Å². The van der Waals surface area contributed by atoms with Gasteiger partial charge >= 0.3 is 0 Å². The highest BCUT2D eigenvalue weighted by Crippen LogP contribution is 2.25. The van der Waals surface area contributed by atoms with Crippen LogP contribution in [0.2, 0.25) is 5.02 Å². The standard InChI is InChI=1S/C12H16ClN3O/c1-3-16-10(12(13)8(2)15-16)7-9(14)11-5-4-6-17-11/h4-6,9H,3,7,14H2,1-2H3. The fourth-order valence-corrected chi connectivity index (χ4v) is 2.09. The lowest BCUT2D eigenvalue weighted by molar-refractivity contribution is 0.456. The van der Waals surface area contributed by atoms with E-state index in [0.29, 0.717) is 11.4 Å². The minimum absolute atomic E-state index is 0.191. The van der Waals surface area contributed by atoms with Gasteiger partial charge in [-0.3, -0.25) is 4.68 Å². The van der Waals surface area contributed by atoms with Gasteiger partial charge in [-0.1, -0.05) is 11.6 Å². The van der Waals surface area contributed by atoms with Crippen molar-refractivity contribution in [2.24, 2.45) is 5.73 Å². The van der Waals surface area contributed by atoms with Crippen molar-refractivity contribution in [3.8, 4) is 0 Å². The zero-order chi connectivity index (χ0) is 12.4. The van der Waals surface area contributed by atoms with E-state index in [1.807, 2.05) is 30.7 Å². The summed E-state index contributed by atoms with van der Waals surface area (Å²) in [5.74, 6) is 0.766. The van der Waals surface area contributed by atoms with Crippen molar-refractivity contribution in [1.29, 1.82) is 0 Å². The van der Waals surface area contributed by atoms with Crippen molar-refractivity contribution in [3.05, 3.63) is 40.6 Å². The van der Waals surface area contributed by atoms with E-state index >= 15 is 0 Å². The van der Waals surface area contributed by atoms with E-state index in [4.69, 9.17) is 21.8 Å². The van der Waals surface area contributed by atoms with E-state index in [1.165, 1.54) is 0 Å². The molecule has 17 heavy (non-hydrogen) atoms. The molecule has 92 valence electrons. The predicted octanol–water partition coefficient (Wildman–Crippen LogP) is 2.70. The maximum absolute atomic E-state index is 6.23. The Morgan fingerprint density at radius 2 is 2.35 bits per heavy atom. The van der Waals surface area contributed by atoms with Crippen LogP contribution in [-0.2, 0) is 13.0 Å². The second kappa shape index (κ2) is 4.94. The molecule has 0 aliphatic rings. The number of rotatable bonds is 4. The van der Waals surface area contributed by atoms with Gasteiger partial charge in [0.05, 0.1) is 28.7 Å². The molecule has 2 N–H and O–H groups in total. The number of aryl methyl sites for hydroxylation is 2. The van der Waals surface area contributed by atoms with Gasteiger partial charge in [0.2, 0.25) is 0 Å². The summed E-state index contributed by atoms with van der Waals surface area (Å²) < 4.78 is 7.18. The van der Waals surface area contributed by atoms with Crippen molar-refractivity contribution >= 4 is 11.6 Å².